The number of halogens is 1. The largest absolute Gasteiger partial charge is 0.478 e. The molecule has 0 saturated carbocycles. The number of esters is 2. The fraction of sp³-hybridized carbons (Fsp3) is 0.526. The highest BCUT2D eigenvalue weighted by Crippen LogP contribution is 1.94. The molecule has 1 N–H and O–H groups in total. The van der Waals surface area contributed by atoms with Crippen molar-refractivity contribution in [3.05, 3.63) is 36.5 Å². The number of hydrogen-bond acceptors (Lipinski definition) is 5. The molecule has 0 heterocycles. The summed E-state index contributed by atoms with van der Waals surface area (Å²) in [6.45, 7) is 16.4. The lowest BCUT2D eigenvalue weighted by atomic mass is 10.2. The number of carbonyl (C=O) groups is 3. The summed E-state index contributed by atoms with van der Waals surface area (Å²) in [4.78, 5) is 30.9. The second-order valence-electron chi connectivity index (χ2n) is 6.46. The fourth-order valence-corrected chi connectivity index (χ4v) is 0.861. The molecule has 8 heteroatoms. The van der Waals surface area contributed by atoms with Crippen molar-refractivity contribution in [3.63, 3.8) is 0 Å². The quantitative estimate of drug-likeness (QED) is 0.395. The second kappa shape index (κ2) is 17.3. The van der Waals surface area contributed by atoms with E-state index >= 15 is 0 Å². The molecule has 0 aliphatic heterocycles. The normalized spacial score (nSPS) is 9.00. The maximum absolute atomic E-state index is 10.9. The number of ether oxygens (including phenoxy) is 2. The maximum atomic E-state index is 10.9. The van der Waals surface area contributed by atoms with Crippen LogP contribution in [0.25, 0.3) is 0 Å². The van der Waals surface area contributed by atoms with Crippen LogP contribution >= 0.6 is 12.4 Å². The molecule has 0 radical (unpaired) electrons. The van der Waals surface area contributed by atoms with E-state index in [9.17, 15) is 14.4 Å². The van der Waals surface area contributed by atoms with Gasteiger partial charge in [-0.1, -0.05) is 26.7 Å². The summed E-state index contributed by atoms with van der Waals surface area (Å²) in [5.74, 6) is -1.55. The van der Waals surface area contributed by atoms with Crippen LogP contribution in [0.4, 0.5) is 0 Å². The van der Waals surface area contributed by atoms with Crippen molar-refractivity contribution in [2.45, 2.75) is 27.2 Å². The summed E-state index contributed by atoms with van der Waals surface area (Å²) < 4.78 is 9.99. The zero-order valence-electron chi connectivity index (χ0n) is 17.6. The molecule has 0 aliphatic rings. The van der Waals surface area contributed by atoms with Gasteiger partial charge in [-0.2, -0.15) is 0 Å². The van der Waals surface area contributed by atoms with E-state index in [1.807, 2.05) is 0 Å². The van der Waals surface area contributed by atoms with Crippen molar-refractivity contribution >= 4 is 30.3 Å². The number of carboxylic acids is 1. The van der Waals surface area contributed by atoms with Crippen LogP contribution < -0.4 is 0 Å². The van der Waals surface area contributed by atoms with Crippen LogP contribution in [0.5, 0.6) is 0 Å². The molecule has 158 valence electrons. The summed E-state index contributed by atoms with van der Waals surface area (Å²) in [6.07, 6.45) is 0.523. The van der Waals surface area contributed by atoms with Crippen LogP contribution in [-0.4, -0.2) is 68.9 Å². The van der Waals surface area contributed by atoms with E-state index in [2.05, 4.69) is 45.6 Å². The van der Waals surface area contributed by atoms with Crippen LogP contribution in [0.3, 0.4) is 0 Å². The Hall–Kier alpha value is -2.12. The minimum absolute atomic E-state index is 0. The Labute approximate surface area is 169 Å². The number of nitrogens with zero attached hydrogens (tertiary/aromatic N) is 1. The average molecular weight is 409 g/mol. The van der Waals surface area contributed by atoms with E-state index in [1.54, 1.807) is 20.8 Å². The molecule has 0 bridgehead atoms. The summed E-state index contributed by atoms with van der Waals surface area (Å²) >= 11 is 0. The molecule has 0 saturated heterocycles. The van der Waals surface area contributed by atoms with Gasteiger partial charge in [0.05, 0.1) is 28.3 Å². The van der Waals surface area contributed by atoms with Gasteiger partial charge in [-0.15, -0.1) is 12.4 Å². The summed E-state index contributed by atoms with van der Waals surface area (Å²) in [7, 11) is 7.48. The van der Waals surface area contributed by atoms with Gasteiger partial charge < -0.3 is 19.1 Å². The topological polar surface area (TPSA) is 89.9 Å². The number of carboxylic acid groups (broad SMARTS) is 1. The van der Waals surface area contributed by atoms with Gasteiger partial charge in [-0.3, -0.25) is 0 Å². The van der Waals surface area contributed by atoms with Gasteiger partial charge in [0, 0.05) is 16.7 Å². The predicted octanol–water partition coefficient (Wildman–Crippen LogP) is 3.01. The van der Waals surface area contributed by atoms with Crippen molar-refractivity contribution < 1.29 is 33.4 Å². The lowest BCUT2D eigenvalue weighted by Gasteiger charge is -2.23. The minimum atomic E-state index is -0.900. The Morgan fingerprint density at radius 2 is 1.37 bits per heavy atom. The van der Waals surface area contributed by atoms with Gasteiger partial charge in [0.1, 0.15) is 13.2 Å². The van der Waals surface area contributed by atoms with E-state index < -0.39 is 5.97 Å². The van der Waals surface area contributed by atoms with E-state index in [-0.39, 0.29) is 29.9 Å². The Morgan fingerprint density at radius 1 is 0.963 bits per heavy atom. The van der Waals surface area contributed by atoms with Gasteiger partial charge in [-0.25, -0.2) is 14.4 Å². The molecule has 0 unspecified atom stereocenters. The number of hydrogen-bond donors (Lipinski definition) is 1. The summed E-state index contributed by atoms with van der Waals surface area (Å²) in [5.41, 5.74) is 1.15. The Morgan fingerprint density at radius 3 is 1.52 bits per heavy atom. The second-order valence-corrected chi connectivity index (χ2v) is 6.46. The maximum Gasteiger partial charge on any atom is 0.333 e. The number of methoxy groups -OCH3 is 1. The molecule has 0 aromatic rings. The van der Waals surface area contributed by atoms with Gasteiger partial charge in [0.25, 0.3) is 0 Å². The Balaban J connectivity index is -0.000000153. The molecule has 0 rings (SSSR count). The molecule has 27 heavy (non-hydrogen) atoms. The first-order chi connectivity index (χ1) is 11.7. The third-order valence-electron chi connectivity index (χ3n) is 2.61. The third-order valence-corrected chi connectivity index (χ3v) is 2.61. The molecule has 0 aliphatic carbocycles. The molecule has 0 aromatic heterocycles. The lowest BCUT2D eigenvalue weighted by molar-refractivity contribution is -0.870. The van der Waals surface area contributed by atoms with E-state index in [4.69, 9.17) is 9.84 Å². The Kier molecular flexibility index (Phi) is 20.9. The summed E-state index contributed by atoms with van der Waals surface area (Å²) in [6, 6.07) is 0. The van der Waals surface area contributed by atoms with Gasteiger partial charge >= 0.3 is 17.9 Å². The van der Waals surface area contributed by atoms with Crippen LogP contribution in [-0.2, 0) is 23.9 Å². The van der Waals surface area contributed by atoms with Crippen molar-refractivity contribution in [3.8, 4) is 0 Å². The van der Waals surface area contributed by atoms with E-state index in [0.29, 0.717) is 24.2 Å². The molecule has 0 amide bonds. The first-order valence-corrected chi connectivity index (χ1v) is 7.97. The highest BCUT2D eigenvalue weighted by atomic mass is 35.5. The number of quaternary nitrogens is 1. The molecule has 0 aromatic carbocycles. The number of aliphatic carboxylic acids is 1. The standard InChI is InChI=1S/C9H18NO2.2C5H8O2.ClH/c1-8(2)9(11)12-7-6-10(3,4)5;1-4(2)5(6)7-3;1-3-4(2)5(6)7;/h1,6-7H2,2-5H3;1H2,2-3H3;2-3H2,1H3,(H,6,7);1H/q+1;;;. The molecular weight excluding hydrogens is 374 g/mol. The van der Waals surface area contributed by atoms with Crippen LogP contribution in [0, 0.1) is 0 Å². The van der Waals surface area contributed by atoms with Crippen molar-refractivity contribution in [1.29, 1.82) is 0 Å². The smallest absolute Gasteiger partial charge is 0.333 e. The van der Waals surface area contributed by atoms with Crippen molar-refractivity contribution in [2.24, 2.45) is 0 Å². The molecule has 0 atom stereocenters. The average Bonchev–Trinajstić information content (AvgIpc) is 2.52. The van der Waals surface area contributed by atoms with Gasteiger partial charge in [0.2, 0.25) is 0 Å². The first-order valence-electron chi connectivity index (χ1n) is 7.97. The van der Waals surface area contributed by atoms with Gasteiger partial charge in [0.15, 0.2) is 0 Å². The number of likely N-dealkylation sites (N-methyl/N-ethyl adjacent to an activating group) is 1. The van der Waals surface area contributed by atoms with E-state index in [0.717, 1.165) is 11.0 Å². The van der Waals surface area contributed by atoms with Crippen LogP contribution in [0.2, 0.25) is 0 Å². The van der Waals surface area contributed by atoms with Crippen LogP contribution in [0.15, 0.2) is 36.5 Å². The molecule has 0 fully saturated rings. The zero-order valence-corrected chi connectivity index (χ0v) is 18.4. The van der Waals surface area contributed by atoms with Crippen molar-refractivity contribution in [1.82, 2.24) is 0 Å². The fourth-order valence-electron chi connectivity index (χ4n) is 0.861. The highest BCUT2D eigenvalue weighted by molar-refractivity contribution is 5.87. The van der Waals surface area contributed by atoms with Crippen molar-refractivity contribution in [2.75, 3.05) is 41.4 Å². The monoisotopic (exact) mass is 408 g/mol. The molecular formula is C19H35ClNO6+. The highest BCUT2D eigenvalue weighted by Gasteiger charge is 2.09. The zero-order chi connectivity index (χ0) is 21.5. The molecule has 7 nitrogen and oxygen atoms in total. The Bertz CT molecular complexity index is 495. The van der Waals surface area contributed by atoms with Gasteiger partial charge in [-0.05, 0) is 20.3 Å². The molecule has 0 spiro atoms. The lowest BCUT2D eigenvalue weighted by Crippen LogP contribution is -2.38. The third kappa shape index (κ3) is 26.2. The van der Waals surface area contributed by atoms with Crippen LogP contribution in [0.1, 0.15) is 27.2 Å². The summed E-state index contributed by atoms with van der Waals surface area (Å²) in [5, 5.41) is 8.08. The number of rotatable bonds is 7. The SMILES string of the molecule is C=C(C)C(=O)OC.C=C(C)C(=O)OCC[N+](C)(C)C.C=C(CC)C(=O)O.Cl. The first kappa shape index (κ1) is 32.5. The van der Waals surface area contributed by atoms with E-state index in [1.165, 1.54) is 7.11 Å². The predicted molar refractivity (Wildman–Crippen MR) is 110 cm³/mol. The minimum Gasteiger partial charge on any atom is -0.478 e. The number of carbonyl (C=O) groups excluding carboxylic acids is 2.